The van der Waals surface area contributed by atoms with E-state index in [1.54, 1.807) is 17.6 Å². The van der Waals surface area contributed by atoms with Crippen molar-refractivity contribution in [2.24, 2.45) is 0 Å². The number of hydrogen-bond donors (Lipinski definition) is 0. The summed E-state index contributed by atoms with van der Waals surface area (Å²) in [7, 11) is 0. The molecule has 1 unspecified atom stereocenters. The number of aromatic nitrogens is 4. The van der Waals surface area contributed by atoms with Crippen LogP contribution in [0, 0.1) is 5.95 Å². The number of benzene rings is 1. The van der Waals surface area contributed by atoms with E-state index < -0.39 is 11.9 Å². The molecule has 31 heavy (non-hydrogen) atoms. The molecule has 5 rings (SSSR count). The summed E-state index contributed by atoms with van der Waals surface area (Å²) < 4.78 is 20.2. The molecular weight excluding hydrogens is 417 g/mol. The zero-order valence-corrected chi connectivity index (χ0v) is 17.3. The predicted octanol–water partition coefficient (Wildman–Crippen LogP) is 3.45. The maximum Gasteiger partial charge on any atom is 0.222 e. The summed E-state index contributed by atoms with van der Waals surface area (Å²) in [5, 5.41) is 3.15. The van der Waals surface area contributed by atoms with Gasteiger partial charge in [0.15, 0.2) is 0 Å². The van der Waals surface area contributed by atoms with E-state index in [4.69, 9.17) is 4.74 Å². The summed E-state index contributed by atoms with van der Waals surface area (Å²) in [5.74, 6) is -1.25. The van der Waals surface area contributed by atoms with E-state index >= 15 is 0 Å². The normalized spacial score (nSPS) is 15.2. The molecule has 4 aromatic rings. The third kappa shape index (κ3) is 3.77. The molecule has 1 aromatic carbocycles. The molecule has 0 N–H and O–H groups in total. The molecule has 9 heteroatoms. The van der Waals surface area contributed by atoms with Gasteiger partial charge in [0.2, 0.25) is 5.95 Å². The number of nitrogens with zero attached hydrogens (tertiary/aromatic N) is 5. The molecule has 1 aliphatic heterocycles. The van der Waals surface area contributed by atoms with Crippen molar-refractivity contribution in [2.75, 3.05) is 31.2 Å². The predicted molar refractivity (Wildman–Crippen MR) is 116 cm³/mol. The van der Waals surface area contributed by atoms with Crippen LogP contribution in [0.1, 0.15) is 16.5 Å². The van der Waals surface area contributed by atoms with Crippen molar-refractivity contribution < 1.29 is 13.9 Å². The van der Waals surface area contributed by atoms with E-state index in [2.05, 4.69) is 24.8 Å². The van der Waals surface area contributed by atoms with Crippen molar-refractivity contribution in [2.45, 2.75) is 5.92 Å². The van der Waals surface area contributed by atoms with Gasteiger partial charge in [-0.05, 0) is 29.8 Å². The Kier molecular flexibility index (Phi) is 5.35. The monoisotopic (exact) mass is 435 g/mol. The number of ether oxygens (including phenoxy) is 1. The van der Waals surface area contributed by atoms with Crippen molar-refractivity contribution in [3.05, 3.63) is 64.9 Å². The minimum absolute atomic E-state index is 0.229. The van der Waals surface area contributed by atoms with E-state index in [9.17, 15) is 9.18 Å². The Morgan fingerprint density at radius 3 is 2.77 bits per heavy atom. The Morgan fingerprint density at radius 1 is 1.13 bits per heavy atom. The first-order chi connectivity index (χ1) is 15.2. The second-order valence-electron chi connectivity index (χ2n) is 7.11. The molecule has 0 amide bonds. The Bertz CT molecular complexity index is 1230. The SMILES string of the molecule is O=CC(c1cnc(F)c(-c2ncnc3cc(N4CCOCC4)ccc23)c1)c1nccs1. The molecule has 0 saturated carbocycles. The lowest BCUT2D eigenvalue weighted by atomic mass is 9.99. The first kappa shape index (κ1) is 19.7. The van der Waals surface area contributed by atoms with Crippen LogP contribution in [0.3, 0.4) is 0 Å². The number of morpholine rings is 1. The third-order valence-electron chi connectivity index (χ3n) is 5.32. The molecule has 0 bridgehead atoms. The number of carbonyl (C=O) groups is 1. The van der Waals surface area contributed by atoms with Crippen LogP contribution >= 0.6 is 11.3 Å². The Hall–Kier alpha value is -3.30. The maximum absolute atomic E-state index is 14.8. The second kappa shape index (κ2) is 8.44. The Balaban J connectivity index is 1.58. The zero-order chi connectivity index (χ0) is 21.2. The van der Waals surface area contributed by atoms with Crippen molar-refractivity contribution in [3.63, 3.8) is 0 Å². The second-order valence-corrected chi connectivity index (χ2v) is 8.04. The number of fused-ring (bicyclic) bond motifs is 1. The van der Waals surface area contributed by atoms with E-state index in [1.165, 1.54) is 23.9 Å². The maximum atomic E-state index is 14.8. The van der Waals surface area contributed by atoms with Crippen LogP contribution in [-0.4, -0.2) is 52.5 Å². The highest BCUT2D eigenvalue weighted by Crippen LogP contribution is 2.32. The van der Waals surface area contributed by atoms with E-state index in [1.807, 2.05) is 18.2 Å². The van der Waals surface area contributed by atoms with Crippen molar-refractivity contribution in [1.29, 1.82) is 0 Å². The number of hydrogen-bond acceptors (Lipinski definition) is 8. The van der Waals surface area contributed by atoms with Crippen LogP contribution in [0.15, 0.2) is 48.4 Å². The molecule has 156 valence electrons. The number of carbonyl (C=O) groups excluding carboxylic acids is 1. The summed E-state index contributed by atoms with van der Waals surface area (Å²) in [5.41, 5.74) is 2.99. The standard InChI is InChI=1S/C22H18FN5O2S/c23-21-17(9-14(11-25-21)18(12-29)22-24-3-8-31-22)20-16-2-1-15(10-19(16)26-13-27-20)28-4-6-30-7-5-28/h1-3,8-13,18H,4-7H2. The van der Waals surface area contributed by atoms with Crippen LogP contribution < -0.4 is 4.90 Å². The molecule has 0 spiro atoms. The fraction of sp³-hybridized carbons (Fsp3) is 0.227. The van der Waals surface area contributed by atoms with Gasteiger partial charge in [-0.25, -0.2) is 19.9 Å². The van der Waals surface area contributed by atoms with Gasteiger partial charge in [-0.3, -0.25) is 0 Å². The highest BCUT2D eigenvalue weighted by Gasteiger charge is 2.21. The van der Waals surface area contributed by atoms with Crippen LogP contribution in [0.25, 0.3) is 22.2 Å². The lowest BCUT2D eigenvalue weighted by molar-refractivity contribution is -0.108. The summed E-state index contributed by atoms with van der Waals surface area (Å²) >= 11 is 1.37. The quantitative estimate of drug-likeness (QED) is 0.351. The smallest absolute Gasteiger partial charge is 0.222 e. The van der Waals surface area contributed by atoms with Crippen molar-refractivity contribution in [1.82, 2.24) is 19.9 Å². The minimum Gasteiger partial charge on any atom is -0.378 e. The average molecular weight is 435 g/mol. The lowest BCUT2D eigenvalue weighted by Crippen LogP contribution is -2.36. The van der Waals surface area contributed by atoms with E-state index in [-0.39, 0.29) is 5.56 Å². The van der Waals surface area contributed by atoms with Gasteiger partial charge in [0.05, 0.1) is 35.9 Å². The molecule has 1 saturated heterocycles. The van der Waals surface area contributed by atoms with Gasteiger partial charge in [0, 0.05) is 41.9 Å². The van der Waals surface area contributed by atoms with Crippen LogP contribution in [0.5, 0.6) is 0 Å². The number of halogens is 1. The first-order valence-corrected chi connectivity index (χ1v) is 10.7. The molecule has 4 heterocycles. The summed E-state index contributed by atoms with van der Waals surface area (Å²) in [6.45, 7) is 3.00. The lowest BCUT2D eigenvalue weighted by Gasteiger charge is -2.29. The minimum atomic E-state index is -0.648. The molecular formula is C22H18FN5O2S. The van der Waals surface area contributed by atoms with E-state index in [0.717, 1.165) is 25.1 Å². The zero-order valence-electron chi connectivity index (χ0n) is 16.4. The fourth-order valence-corrected chi connectivity index (χ4v) is 4.47. The number of aldehydes is 1. The summed E-state index contributed by atoms with van der Waals surface area (Å²) in [6.07, 6.45) is 5.23. The number of rotatable bonds is 5. The van der Waals surface area contributed by atoms with Gasteiger partial charge in [-0.1, -0.05) is 0 Å². The molecule has 1 aliphatic rings. The number of anilines is 1. The van der Waals surface area contributed by atoms with Crippen LogP contribution in [0.2, 0.25) is 0 Å². The Labute approximate surface area is 181 Å². The highest BCUT2D eigenvalue weighted by molar-refractivity contribution is 7.09. The summed E-state index contributed by atoms with van der Waals surface area (Å²) in [6, 6.07) is 7.49. The molecule has 1 fully saturated rings. The average Bonchev–Trinajstić information content (AvgIpc) is 3.35. The molecule has 0 aliphatic carbocycles. The largest absolute Gasteiger partial charge is 0.378 e. The first-order valence-electron chi connectivity index (χ1n) is 9.82. The van der Waals surface area contributed by atoms with E-state index in [0.29, 0.717) is 40.4 Å². The topological polar surface area (TPSA) is 81.1 Å². The van der Waals surface area contributed by atoms with Gasteiger partial charge in [-0.2, -0.15) is 4.39 Å². The Morgan fingerprint density at radius 2 is 2.00 bits per heavy atom. The third-order valence-corrected chi connectivity index (χ3v) is 6.18. The molecule has 1 atom stereocenters. The van der Waals surface area contributed by atoms with Gasteiger partial charge in [0.25, 0.3) is 0 Å². The van der Waals surface area contributed by atoms with Gasteiger partial charge >= 0.3 is 0 Å². The number of pyridine rings is 1. The molecule has 0 radical (unpaired) electrons. The fourth-order valence-electron chi connectivity index (χ4n) is 3.75. The molecule has 7 nitrogen and oxygen atoms in total. The molecule has 3 aromatic heterocycles. The summed E-state index contributed by atoms with van der Waals surface area (Å²) in [4.78, 5) is 30.8. The van der Waals surface area contributed by atoms with Crippen molar-refractivity contribution >= 4 is 34.2 Å². The van der Waals surface area contributed by atoms with Crippen molar-refractivity contribution in [3.8, 4) is 11.3 Å². The van der Waals surface area contributed by atoms with Crippen LogP contribution in [-0.2, 0) is 9.53 Å². The van der Waals surface area contributed by atoms with Gasteiger partial charge in [0.1, 0.15) is 17.6 Å². The number of thiazole rings is 1. The van der Waals surface area contributed by atoms with Gasteiger partial charge < -0.3 is 14.4 Å². The van der Waals surface area contributed by atoms with Gasteiger partial charge in [-0.15, -0.1) is 11.3 Å². The highest BCUT2D eigenvalue weighted by atomic mass is 32.1. The van der Waals surface area contributed by atoms with Crippen LogP contribution in [0.4, 0.5) is 10.1 Å².